The highest BCUT2D eigenvalue weighted by atomic mass is 32.2. The van der Waals surface area contributed by atoms with Crippen molar-refractivity contribution in [2.75, 3.05) is 13.1 Å². The van der Waals surface area contributed by atoms with Crippen molar-refractivity contribution in [1.29, 1.82) is 0 Å². The van der Waals surface area contributed by atoms with E-state index in [1.54, 1.807) is 0 Å². The van der Waals surface area contributed by atoms with E-state index in [-0.39, 0.29) is 23.7 Å². The molecule has 3 N–H and O–H groups in total. The molecule has 0 atom stereocenters. The molecule has 1 fully saturated rings. The molecule has 0 unspecified atom stereocenters. The number of carbonyl (C=O) groups excluding carboxylic acids is 3. The van der Waals surface area contributed by atoms with Gasteiger partial charge in [0.05, 0.1) is 0 Å². The molecule has 108 valence electrons. The number of hydrogen-bond acceptors (Lipinski definition) is 5. The average Bonchev–Trinajstić information content (AvgIpc) is 2.69. The van der Waals surface area contributed by atoms with Crippen molar-refractivity contribution in [3.63, 3.8) is 0 Å². The minimum atomic E-state index is -3.93. The molecule has 1 aromatic heterocycles. The summed E-state index contributed by atoms with van der Waals surface area (Å²) < 4.78 is 23.7. The highest BCUT2D eigenvalue weighted by Crippen LogP contribution is 2.14. The maximum atomic E-state index is 12.2. The molecule has 20 heavy (non-hydrogen) atoms. The van der Waals surface area contributed by atoms with Crippen LogP contribution in [0.4, 0.5) is 0 Å². The van der Waals surface area contributed by atoms with Gasteiger partial charge in [-0.3, -0.25) is 19.7 Å². The Balaban J connectivity index is 2.32. The molecule has 3 amide bonds. The van der Waals surface area contributed by atoms with Crippen LogP contribution >= 0.6 is 0 Å². The lowest BCUT2D eigenvalue weighted by Gasteiger charge is -2.25. The third kappa shape index (κ3) is 2.70. The second-order valence-electron chi connectivity index (χ2n) is 4.35. The Kier molecular flexibility index (Phi) is 3.36. The molecule has 0 bridgehead atoms. The fourth-order valence-corrected chi connectivity index (χ4v) is 2.43. The van der Waals surface area contributed by atoms with Gasteiger partial charge >= 0.3 is 0 Å². The molecule has 0 aromatic carbocycles. The van der Waals surface area contributed by atoms with Gasteiger partial charge in [-0.2, -0.15) is 0 Å². The van der Waals surface area contributed by atoms with Crippen LogP contribution < -0.4 is 10.5 Å². The van der Waals surface area contributed by atoms with Crippen LogP contribution in [0.15, 0.2) is 17.2 Å². The van der Waals surface area contributed by atoms with Crippen molar-refractivity contribution in [2.24, 2.45) is 12.2 Å². The number of nitrogens with zero attached hydrogens (tertiary/aromatic N) is 2. The largest absolute Gasteiger partial charge is 0.345 e. The fraction of sp³-hybridized carbons (Fsp3) is 0.300. The summed E-state index contributed by atoms with van der Waals surface area (Å²) in [5, 5.41) is 7.04. The summed E-state index contributed by atoms with van der Waals surface area (Å²) in [4.78, 5) is 35.4. The second kappa shape index (κ2) is 4.72. The molecule has 0 spiro atoms. The molecule has 2 rings (SSSR count). The van der Waals surface area contributed by atoms with Gasteiger partial charge in [-0.15, -0.1) is 0 Å². The zero-order valence-electron chi connectivity index (χ0n) is 10.5. The second-order valence-corrected chi connectivity index (χ2v) is 5.91. The Morgan fingerprint density at radius 2 is 1.85 bits per heavy atom. The van der Waals surface area contributed by atoms with Crippen molar-refractivity contribution < 1.29 is 22.8 Å². The number of carbonyl (C=O) groups is 3. The number of amides is 3. The van der Waals surface area contributed by atoms with Crippen molar-refractivity contribution in [3.05, 3.63) is 18.0 Å². The van der Waals surface area contributed by atoms with Gasteiger partial charge in [0.25, 0.3) is 5.91 Å². The first-order chi connectivity index (χ1) is 9.18. The van der Waals surface area contributed by atoms with Crippen LogP contribution in [-0.2, 0) is 26.7 Å². The number of piperazine rings is 1. The highest BCUT2D eigenvalue weighted by Gasteiger charge is 2.29. The van der Waals surface area contributed by atoms with Crippen molar-refractivity contribution in [3.8, 4) is 0 Å². The number of hydrogen-bond donors (Lipinski definition) is 2. The summed E-state index contributed by atoms with van der Waals surface area (Å²) in [6.07, 6.45) is 1.19. The van der Waals surface area contributed by atoms with Crippen LogP contribution in [0.2, 0.25) is 0 Å². The molecule has 0 saturated carbocycles. The van der Waals surface area contributed by atoms with E-state index in [1.807, 2.05) is 0 Å². The molecular formula is C10H12N4O5S. The number of aryl methyl sites for hydroxylation is 1. The Bertz CT molecular complexity index is 689. The molecule has 1 saturated heterocycles. The Hall–Kier alpha value is -2.20. The first-order valence-electron chi connectivity index (χ1n) is 5.49. The average molecular weight is 300 g/mol. The number of imide groups is 1. The Morgan fingerprint density at radius 1 is 1.30 bits per heavy atom. The SMILES string of the molecule is Cn1cc(S(N)(=O)=O)cc1C(=O)N1CC(=O)NC(=O)C1. The zero-order chi connectivity index (χ0) is 15.1. The van der Waals surface area contributed by atoms with Gasteiger partial charge < -0.3 is 9.47 Å². The van der Waals surface area contributed by atoms with Crippen LogP contribution in [-0.4, -0.2) is 48.7 Å². The van der Waals surface area contributed by atoms with E-state index in [2.05, 4.69) is 5.32 Å². The summed E-state index contributed by atoms with van der Waals surface area (Å²) in [5.41, 5.74) is 0.0246. The van der Waals surface area contributed by atoms with E-state index in [1.165, 1.54) is 17.8 Å². The lowest BCUT2D eigenvalue weighted by Crippen LogP contribution is -2.53. The standard InChI is InChI=1S/C10H12N4O5S/c1-13-3-6(20(11,18)19)2-7(13)10(17)14-4-8(15)12-9(16)5-14/h2-3H,4-5H2,1H3,(H2,11,18,19)(H,12,15,16). The molecule has 9 nitrogen and oxygen atoms in total. The smallest absolute Gasteiger partial charge is 0.271 e. The van der Waals surface area contributed by atoms with Gasteiger partial charge in [-0.1, -0.05) is 0 Å². The molecule has 1 aliphatic rings. The fourth-order valence-electron chi connectivity index (χ4n) is 1.85. The van der Waals surface area contributed by atoms with Crippen LogP contribution in [0.25, 0.3) is 0 Å². The molecule has 1 aromatic rings. The number of aromatic nitrogens is 1. The molecule has 2 heterocycles. The van der Waals surface area contributed by atoms with Crippen molar-refractivity contribution >= 4 is 27.7 Å². The van der Waals surface area contributed by atoms with E-state index in [0.29, 0.717) is 0 Å². The number of nitrogens with two attached hydrogens (primary N) is 1. The van der Waals surface area contributed by atoms with Crippen LogP contribution in [0.1, 0.15) is 10.5 Å². The van der Waals surface area contributed by atoms with Crippen molar-refractivity contribution in [2.45, 2.75) is 4.90 Å². The topological polar surface area (TPSA) is 132 Å². The summed E-state index contributed by atoms with van der Waals surface area (Å²) in [6, 6.07) is 1.11. The van der Waals surface area contributed by atoms with Crippen LogP contribution in [0.3, 0.4) is 0 Å². The Morgan fingerprint density at radius 3 is 2.30 bits per heavy atom. The maximum Gasteiger partial charge on any atom is 0.271 e. The van der Waals surface area contributed by atoms with Gasteiger partial charge in [-0.25, -0.2) is 13.6 Å². The lowest BCUT2D eigenvalue weighted by molar-refractivity contribution is -0.135. The molecule has 0 aliphatic carbocycles. The van der Waals surface area contributed by atoms with Gasteiger partial charge in [0.1, 0.15) is 23.7 Å². The minimum Gasteiger partial charge on any atom is -0.345 e. The zero-order valence-corrected chi connectivity index (χ0v) is 11.3. The normalized spacial score (nSPS) is 16.2. The molecular weight excluding hydrogens is 288 g/mol. The number of sulfonamides is 1. The van der Waals surface area contributed by atoms with E-state index in [4.69, 9.17) is 5.14 Å². The number of rotatable bonds is 2. The molecule has 1 aliphatic heterocycles. The summed E-state index contributed by atoms with van der Waals surface area (Å²) in [6.45, 7) is -0.527. The number of nitrogens with one attached hydrogen (secondary N) is 1. The molecule has 10 heteroatoms. The maximum absolute atomic E-state index is 12.2. The van der Waals surface area contributed by atoms with Gasteiger partial charge in [0, 0.05) is 13.2 Å². The third-order valence-corrected chi connectivity index (χ3v) is 3.64. The van der Waals surface area contributed by atoms with Crippen LogP contribution in [0.5, 0.6) is 0 Å². The predicted octanol–water partition coefficient (Wildman–Crippen LogP) is -2.23. The van der Waals surface area contributed by atoms with E-state index < -0.39 is 27.7 Å². The Labute approximate surface area is 114 Å². The monoisotopic (exact) mass is 300 g/mol. The van der Waals surface area contributed by atoms with E-state index >= 15 is 0 Å². The predicted molar refractivity (Wildman–Crippen MR) is 65.8 cm³/mol. The summed E-state index contributed by atoms with van der Waals surface area (Å²) >= 11 is 0. The summed E-state index contributed by atoms with van der Waals surface area (Å²) in [5.74, 6) is -1.79. The summed E-state index contributed by atoms with van der Waals surface area (Å²) in [7, 11) is -2.46. The lowest BCUT2D eigenvalue weighted by atomic mass is 10.3. The molecule has 0 radical (unpaired) electrons. The minimum absolute atomic E-state index is 0.0246. The quantitative estimate of drug-likeness (QED) is 0.597. The number of primary sulfonamides is 1. The van der Waals surface area contributed by atoms with Gasteiger partial charge in [-0.05, 0) is 6.07 Å². The third-order valence-electron chi connectivity index (χ3n) is 2.76. The van der Waals surface area contributed by atoms with Gasteiger partial charge in [0.2, 0.25) is 21.8 Å². The first-order valence-corrected chi connectivity index (χ1v) is 7.04. The first kappa shape index (κ1) is 14.2. The highest BCUT2D eigenvalue weighted by molar-refractivity contribution is 7.89. The van der Waals surface area contributed by atoms with Gasteiger partial charge in [0.15, 0.2) is 0 Å². The van der Waals surface area contributed by atoms with E-state index in [0.717, 1.165) is 11.0 Å². The van der Waals surface area contributed by atoms with E-state index in [9.17, 15) is 22.8 Å². The van der Waals surface area contributed by atoms with Crippen molar-refractivity contribution in [1.82, 2.24) is 14.8 Å². The van der Waals surface area contributed by atoms with Crippen LogP contribution in [0, 0.1) is 0 Å².